The Labute approximate surface area is 111 Å². The first kappa shape index (κ1) is 13.6. The molecule has 100 valence electrons. The fourth-order valence-electron chi connectivity index (χ4n) is 2.61. The summed E-state index contributed by atoms with van der Waals surface area (Å²) in [7, 11) is 1.81. The average Bonchev–Trinajstić information content (AvgIpc) is 2.38. The normalized spacial score (nSPS) is 24.6. The second-order valence-electron chi connectivity index (χ2n) is 5.25. The fourth-order valence-corrected chi connectivity index (χ4v) is 2.61. The van der Waals surface area contributed by atoms with Crippen molar-refractivity contribution in [2.75, 3.05) is 7.11 Å². The first-order chi connectivity index (χ1) is 8.76. The van der Waals surface area contributed by atoms with Gasteiger partial charge in [-0.1, -0.05) is 38.1 Å². The Morgan fingerprint density at radius 1 is 1.22 bits per heavy atom. The SMILES string of the molecule is CCc1ccc(C(CC)NC2CC(OC)C2)cc1. The van der Waals surface area contributed by atoms with Crippen molar-refractivity contribution < 1.29 is 4.74 Å². The van der Waals surface area contributed by atoms with E-state index in [4.69, 9.17) is 4.74 Å². The zero-order valence-corrected chi connectivity index (χ0v) is 11.8. The van der Waals surface area contributed by atoms with Crippen LogP contribution in [-0.2, 0) is 11.2 Å². The maximum Gasteiger partial charge on any atom is 0.0601 e. The minimum atomic E-state index is 0.475. The van der Waals surface area contributed by atoms with Crippen molar-refractivity contribution in [1.82, 2.24) is 5.32 Å². The predicted molar refractivity (Wildman–Crippen MR) is 75.8 cm³/mol. The van der Waals surface area contributed by atoms with Crippen molar-refractivity contribution in [3.05, 3.63) is 35.4 Å². The van der Waals surface area contributed by atoms with Gasteiger partial charge < -0.3 is 10.1 Å². The van der Waals surface area contributed by atoms with E-state index in [1.165, 1.54) is 11.1 Å². The lowest BCUT2D eigenvalue weighted by atomic mass is 9.87. The second kappa shape index (κ2) is 6.35. The Morgan fingerprint density at radius 2 is 1.89 bits per heavy atom. The molecule has 1 fully saturated rings. The van der Waals surface area contributed by atoms with Crippen molar-refractivity contribution in [3.63, 3.8) is 0 Å². The highest BCUT2D eigenvalue weighted by Crippen LogP contribution is 2.27. The minimum absolute atomic E-state index is 0.475. The topological polar surface area (TPSA) is 21.3 Å². The summed E-state index contributed by atoms with van der Waals surface area (Å²) in [5.74, 6) is 0. The van der Waals surface area contributed by atoms with Crippen LogP contribution >= 0.6 is 0 Å². The molecule has 1 N–H and O–H groups in total. The third-order valence-electron chi connectivity index (χ3n) is 4.06. The molecule has 2 nitrogen and oxygen atoms in total. The molecule has 1 aliphatic carbocycles. The standard InChI is InChI=1S/C16H25NO/c1-4-12-6-8-13(9-7-12)16(5-2)17-14-10-15(11-14)18-3/h6-9,14-17H,4-5,10-11H2,1-3H3. The lowest BCUT2D eigenvalue weighted by molar-refractivity contribution is 0.0139. The number of methoxy groups -OCH3 is 1. The molecule has 1 aliphatic rings. The quantitative estimate of drug-likeness (QED) is 0.831. The van der Waals surface area contributed by atoms with Gasteiger partial charge in [0.1, 0.15) is 0 Å². The Bertz CT molecular complexity index is 354. The largest absolute Gasteiger partial charge is 0.381 e. The number of benzene rings is 1. The molecule has 2 rings (SSSR count). The summed E-state index contributed by atoms with van der Waals surface area (Å²) in [6, 6.07) is 10.2. The monoisotopic (exact) mass is 247 g/mol. The van der Waals surface area contributed by atoms with Crippen molar-refractivity contribution >= 4 is 0 Å². The Hall–Kier alpha value is -0.860. The molecule has 1 aromatic rings. The van der Waals surface area contributed by atoms with Crippen LogP contribution in [0.15, 0.2) is 24.3 Å². The summed E-state index contributed by atoms with van der Waals surface area (Å²) in [6.45, 7) is 4.45. The van der Waals surface area contributed by atoms with Gasteiger partial charge in [-0.3, -0.25) is 0 Å². The van der Waals surface area contributed by atoms with E-state index in [1.807, 2.05) is 7.11 Å². The number of hydrogen-bond donors (Lipinski definition) is 1. The van der Waals surface area contributed by atoms with Crippen LogP contribution in [0.3, 0.4) is 0 Å². The van der Waals surface area contributed by atoms with Gasteiger partial charge in [-0.2, -0.15) is 0 Å². The third kappa shape index (κ3) is 3.12. The van der Waals surface area contributed by atoms with Gasteiger partial charge in [-0.15, -0.1) is 0 Å². The summed E-state index contributed by atoms with van der Waals surface area (Å²) in [5.41, 5.74) is 2.83. The van der Waals surface area contributed by atoms with Crippen LogP contribution < -0.4 is 5.32 Å². The van der Waals surface area contributed by atoms with Crippen LogP contribution in [0.4, 0.5) is 0 Å². The first-order valence-electron chi connectivity index (χ1n) is 7.14. The summed E-state index contributed by atoms with van der Waals surface area (Å²) in [4.78, 5) is 0. The zero-order chi connectivity index (χ0) is 13.0. The molecule has 2 heteroatoms. The molecule has 0 heterocycles. The van der Waals surface area contributed by atoms with E-state index in [0.717, 1.165) is 25.7 Å². The fraction of sp³-hybridized carbons (Fsp3) is 0.625. The molecule has 0 saturated heterocycles. The zero-order valence-electron chi connectivity index (χ0n) is 11.8. The van der Waals surface area contributed by atoms with E-state index in [0.29, 0.717) is 18.2 Å². The third-order valence-corrected chi connectivity index (χ3v) is 4.06. The van der Waals surface area contributed by atoms with Crippen LogP contribution in [-0.4, -0.2) is 19.3 Å². The molecule has 0 aromatic heterocycles. The highest BCUT2D eigenvalue weighted by molar-refractivity contribution is 5.25. The van der Waals surface area contributed by atoms with Crippen molar-refractivity contribution in [2.45, 2.75) is 57.7 Å². The molecular formula is C16H25NO. The average molecular weight is 247 g/mol. The maximum atomic E-state index is 5.33. The first-order valence-corrected chi connectivity index (χ1v) is 7.14. The molecule has 0 aliphatic heterocycles. The van der Waals surface area contributed by atoms with Gasteiger partial charge in [0.05, 0.1) is 6.10 Å². The summed E-state index contributed by atoms with van der Waals surface area (Å²) in [6.07, 6.45) is 5.03. The van der Waals surface area contributed by atoms with Gasteiger partial charge in [0.2, 0.25) is 0 Å². The van der Waals surface area contributed by atoms with E-state index in [1.54, 1.807) is 0 Å². The molecule has 0 amide bonds. The smallest absolute Gasteiger partial charge is 0.0601 e. The Balaban J connectivity index is 1.91. The van der Waals surface area contributed by atoms with Crippen LogP contribution in [0.25, 0.3) is 0 Å². The molecule has 0 radical (unpaired) electrons. The molecular weight excluding hydrogens is 222 g/mol. The molecule has 0 bridgehead atoms. The summed E-state index contributed by atoms with van der Waals surface area (Å²) >= 11 is 0. The maximum absolute atomic E-state index is 5.33. The van der Waals surface area contributed by atoms with Gasteiger partial charge in [-0.05, 0) is 36.8 Å². The van der Waals surface area contributed by atoms with Crippen LogP contribution in [0, 0.1) is 0 Å². The summed E-state index contributed by atoms with van der Waals surface area (Å²) < 4.78 is 5.33. The number of rotatable bonds is 6. The number of hydrogen-bond acceptors (Lipinski definition) is 2. The number of ether oxygens (including phenoxy) is 1. The second-order valence-corrected chi connectivity index (χ2v) is 5.25. The number of aryl methyl sites for hydroxylation is 1. The molecule has 0 spiro atoms. The van der Waals surface area contributed by atoms with Crippen molar-refractivity contribution in [2.24, 2.45) is 0 Å². The Kier molecular flexibility index (Phi) is 4.79. The van der Waals surface area contributed by atoms with Gasteiger partial charge in [-0.25, -0.2) is 0 Å². The predicted octanol–water partition coefficient (Wildman–Crippen LogP) is 3.47. The highest BCUT2D eigenvalue weighted by atomic mass is 16.5. The van der Waals surface area contributed by atoms with Gasteiger partial charge in [0.25, 0.3) is 0 Å². The Morgan fingerprint density at radius 3 is 2.39 bits per heavy atom. The molecule has 1 atom stereocenters. The molecule has 1 aromatic carbocycles. The van der Waals surface area contributed by atoms with E-state index >= 15 is 0 Å². The lowest BCUT2D eigenvalue weighted by Gasteiger charge is -2.37. The van der Waals surface area contributed by atoms with Crippen molar-refractivity contribution in [3.8, 4) is 0 Å². The van der Waals surface area contributed by atoms with Gasteiger partial charge in [0.15, 0.2) is 0 Å². The van der Waals surface area contributed by atoms with Gasteiger partial charge in [0, 0.05) is 19.2 Å². The van der Waals surface area contributed by atoms with Crippen LogP contribution in [0.2, 0.25) is 0 Å². The van der Waals surface area contributed by atoms with Crippen LogP contribution in [0.1, 0.15) is 50.3 Å². The van der Waals surface area contributed by atoms with Crippen molar-refractivity contribution in [1.29, 1.82) is 0 Å². The molecule has 18 heavy (non-hydrogen) atoms. The van der Waals surface area contributed by atoms with Gasteiger partial charge >= 0.3 is 0 Å². The van der Waals surface area contributed by atoms with Crippen LogP contribution in [0.5, 0.6) is 0 Å². The lowest BCUT2D eigenvalue weighted by Crippen LogP contribution is -2.46. The molecule has 1 unspecified atom stereocenters. The molecule has 1 saturated carbocycles. The van der Waals surface area contributed by atoms with E-state index in [2.05, 4.69) is 43.4 Å². The number of nitrogens with one attached hydrogen (secondary N) is 1. The van der Waals surface area contributed by atoms with E-state index < -0.39 is 0 Å². The summed E-state index contributed by atoms with van der Waals surface area (Å²) in [5, 5.41) is 3.74. The van der Waals surface area contributed by atoms with E-state index in [9.17, 15) is 0 Å². The highest BCUT2D eigenvalue weighted by Gasteiger charge is 2.30. The minimum Gasteiger partial charge on any atom is -0.381 e. The van der Waals surface area contributed by atoms with E-state index in [-0.39, 0.29) is 0 Å².